The van der Waals surface area contributed by atoms with E-state index in [4.69, 9.17) is 11.6 Å². The number of sulfonamides is 1. The molecular formula is C21H23ClN2O3S. The summed E-state index contributed by atoms with van der Waals surface area (Å²) in [5, 5.41) is 3.25. The van der Waals surface area contributed by atoms with Crippen LogP contribution in [0.15, 0.2) is 71.1 Å². The van der Waals surface area contributed by atoms with Gasteiger partial charge in [-0.2, -0.15) is 0 Å². The van der Waals surface area contributed by atoms with E-state index in [1.165, 1.54) is 24.1 Å². The first-order valence-electron chi connectivity index (χ1n) is 9.25. The predicted octanol–water partition coefficient (Wildman–Crippen LogP) is 4.15. The number of hydrogen-bond donors (Lipinski definition) is 1. The summed E-state index contributed by atoms with van der Waals surface area (Å²) >= 11 is 6.05. The predicted molar refractivity (Wildman–Crippen MR) is 112 cm³/mol. The molecular weight excluding hydrogens is 396 g/mol. The van der Waals surface area contributed by atoms with Crippen molar-refractivity contribution in [3.63, 3.8) is 0 Å². The third kappa shape index (κ3) is 5.14. The van der Waals surface area contributed by atoms with E-state index in [0.29, 0.717) is 17.3 Å². The zero-order valence-electron chi connectivity index (χ0n) is 15.5. The van der Waals surface area contributed by atoms with Crippen molar-refractivity contribution in [3.05, 3.63) is 71.3 Å². The van der Waals surface area contributed by atoms with Gasteiger partial charge < -0.3 is 5.32 Å². The van der Waals surface area contributed by atoms with Gasteiger partial charge >= 0.3 is 0 Å². The van der Waals surface area contributed by atoms with Crippen molar-refractivity contribution in [2.45, 2.75) is 30.6 Å². The van der Waals surface area contributed by atoms with Crippen LogP contribution in [0.3, 0.4) is 0 Å². The lowest BCUT2D eigenvalue weighted by Crippen LogP contribution is -2.41. The van der Waals surface area contributed by atoms with Crippen molar-refractivity contribution in [2.75, 3.05) is 17.4 Å². The zero-order chi connectivity index (χ0) is 20.0. The van der Waals surface area contributed by atoms with Crippen LogP contribution in [0.25, 0.3) is 0 Å². The lowest BCUT2D eigenvalue weighted by molar-refractivity contribution is -0.119. The molecule has 0 spiro atoms. The van der Waals surface area contributed by atoms with Crippen LogP contribution in [0, 0.1) is 0 Å². The molecule has 1 aliphatic carbocycles. The number of nitrogens with one attached hydrogen (secondary N) is 1. The second-order valence-corrected chi connectivity index (χ2v) is 8.99. The average molecular weight is 419 g/mol. The van der Waals surface area contributed by atoms with E-state index < -0.39 is 10.0 Å². The Balaban J connectivity index is 1.82. The smallest absolute Gasteiger partial charge is 0.264 e. The van der Waals surface area contributed by atoms with E-state index >= 15 is 0 Å². The highest BCUT2D eigenvalue weighted by Gasteiger charge is 2.27. The number of allylic oxidation sites excluding steroid dienone is 1. The molecule has 0 fully saturated rings. The molecule has 0 saturated carbocycles. The minimum atomic E-state index is -3.91. The lowest BCUT2D eigenvalue weighted by atomic mass is 10.00. The molecule has 0 bridgehead atoms. The van der Waals surface area contributed by atoms with Gasteiger partial charge in [-0.15, -0.1) is 0 Å². The highest BCUT2D eigenvalue weighted by atomic mass is 35.5. The Labute approximate surface area is 171 Å². The van der Waals surface area contributed by atoms with Gasteiger partial charge in [0.1, 0.15) is 6.54 Å². The molecule has 3 rings (SSSR count). The van der Waals surface area contributed by atoms with E-state index in [2.05, 4.69) is 11.4 Å². The maximum absolute atomic E-state index is 13.2. The molecule has 5 nitrogen and oxygen atoms in total. The van der Waals surface area contributed by atoms with Crippen LogP contribution in [0.5, 0.6) is 0 Å². The molecule has 0 atom stereocenters. The van der Waals surface area contributed by atoms with Crippen molar-refractivity contribution < 1.29 is 13.2 Å². The molecule has 1 N–H and O–H groups in total. The molecule has 148 valence electrons. The van der Waals surface area contributed by atoms with Crippen LogP contribution in [0.1, 0.15) is 25.7 Å². The first-order chi connectivity index (χ1) is 13.5. The van der Waals surface area contributed by atoms with Gasteiger partial charge in [0.25, 0.3) is 10.0 Å². The summed E-state index contributed by atoms with van der Waals surface area (Å²) in [5.41, 5.74) is 1.54. The Bertz CT molecular complexity index is 959. The number of halogens is 1. The van der Waals surface area contributed by atoms with E-state index in [1.54, 1.807) is 42.5 Å². The zero-order valence-corrected chi connectivity index (χ0v) is 17.0. The Kier molecular flexibility index (Phi) is 6.75. The number of amides is 1. The summed E-state index contributed by atoms with van der Waals surface area (Å²) < 4.78 is 27.4. The van der Waals surface area contributed by atoms with Crippen LogP contribution in [0.2, 0.25) is 5.02 Å². The molecule has 0 saturated heterocycles. The minimum absolute atomic E-state index is 0.123. The molecule has 1 aliphatic rings. The third-order valence-electron chi connectivity index (χ3n) is 4.61. The Hall–Kier alpha value is -2.31. The van der Waals surface area contributed by atoms with Gasteiger partial charge in [0.2, 0.25) is 5.91 Å². The number of carbonyl (C=O) groups excluding carboxylic acids is 1. The molecule has 28 heavy (non-hydrogen) atoms. The monoisotopic (exact) mass is 418 g/mol. The molecule has 7 heteroatoms. The first-order valence-corrected chi connectivity index (χ1v) is 11.1. The molecule has 1 amide bonds. The van der Waals surface area contributed by atoms with Gasteiger partial charge in [0.15, 0.2) is 0 Å². The highest BCUT2D eigenvalue weighted by Crippen LogP contribution is 2.26. The number of carbonyl (C=O) groups is 1. The topological polar surface area (TPSA) is 66.5 Å². The summed E-state index contributed by atoms with van der Waals surface area (Å²) in [4.78, 5) is 12.7. The first kappa shape index (κ1) is 20.4. The fourth-order valence-electron chi connectivity index (χ4n) is 3.13. The summed E-state index contributed by atoms with van der Waals surface area (Å²) in [6, 6.07) is 14.6. The maximum Gasteiger partial charge on any atom is 0.264 e. The van der Waals surface area contributed by atoms with Gasteiger partial charge in [0.05, 0.1) is 10.6 Å². The number of nitrogens with zero attached hydrogens (tertiary/aromatic N) is 1. The average Bonchev–Trinajstić information content (AvgIpc) is 2.72. The molecule has 2 aromatic rings. The second-order valence-electron chi connectivity index (χ2n) is 6.69. The van der Waals surface area contributed by atoms with Crippen molar-refractivity contribution in [2.24, 2.45) is 0 Å². The number of rotatable bonds is 7. The van der Waals surface area contributed by atoms with Crippen molar-refractivity contribution in [1.82, 2.24) is 5.32 Å². The largest absolute Gasteiger partial charge is 0.351 e. The van der Waals surface area contributed by atoms with Gasteiger partial charge in [-0.3, -0.25) is 9.10 Å². The number of anilines is 1. The SMILES string of the molecule is O=C(CN(c1cccc(Cl)c1)S(=O)(=O)c1ccccc1)NCC1=CCCCC1. The fourth-order valence-corrected chi connectivity index (χ4v) is 4.75. The van der Waals surface area contributed by atoms with Gasteiger partial charge in [-0.1, -0.05) is 47.5 Å². The highest BCUT2D eigenvalue weighted by molar-refractivity contribution is 7.92. The maximum atomic E-state index is 13.2. The van der Waals surface area contributed by atoms with Crippen LogP contribution >= 0.6 is 11.6 Å². The van der Waals surface area contributed by atoms with Crippen molar-refractivity contribution >= 4 is 33.2 Å². The molecule has 2 aromatic carbocycles. The van der Waals surface area contributed by atoms with Crippen LogP contribution < -0.4 is 9.62 Å². The van der Waals surface area contributed by atoms with E-state index in [-0.39, 0.29) is 17.3 Å². The molecule has 0 aliphatic heterocycles. The quantitative estimate of drug-likeness (QED) is 0.687. The summed E-state index contributed by atoms with van der Waals surface area (Å²) in [5.74, 6) is -0.356. The molecule has 0 radical (unpaired) electrons. The molecule has 0 aromatic heterocycles. The van der Waals surface area contributed by atoms with Gasteiger partial charge in [-0.05, 0) is 56.0 Å². The Morgan fingerprint density at radius 3 is 2.54 bits per heavy atom. The van der Waals surface area contributed by atoms with Gasteiger partial charge in [-0.25, -0.2) is 8.42 Å². The standard InChI is InChI=1S/C21H23ClN2O3S/c22-18-10-7-11-19(14-18)24(28(26,27)20-12-5-2-6-13-20)16-21(25)23-15-17-8-3-1-4-9-17/h2,5-8,10-14H,1,3-4,9,15-16H2,(H,23,25). The number of hydrogen-bond acceptors (Lipinski definition) is 3. The fraction of sp³-hybridized carbons (Fsp3) is 0.286. The summed E-state index contributed by atoms with van der Waals surface area (Å²) in [6.45, 7) is 0.137. The normalized spacial score (nSPS) is 14.2. The van der Waals surface area contributed by atoms with Crippen LogP contribution in [-0.2, 0) is 14.8 Å². The van der Waals surface area contributed by atoms with Crippen LogP contribution in [0.4, 0.5) is 5.69 Å². The van der Waals surface area contributed by atoms with E-state index in [0.717, 1.165) is 23.6 Å². The van der Waals surface area contributed by atoms with E-state index in [9.17, 15) is 13.2 Å². The van der Waals surface area contributed by atoms with E-state index in [1.807, 2.05) is 0 Å². The van der Waals surface area contributed by atoms with Crippen molar-refractivity contribution in [1.29, 1.82) is 0 Å². The molecule has 0 unspecified atom stereocenters. The van der Waals surface area contributed by atoms with Crippen LogP contribution in [-0.4, -0.2) is 27.4 Å². The summed E-state index contributed by atoms with van der Waals surface area (Å²) in [6.07, 6.45) is 6.45. The minimum Gasteiger partial charge on any atom is -0.351 e. The van der Waals surface area contributed by atoms with Crippen molar-refractivity contribution in [3.8, 4) is 0 Å². The lowest BCUT2D eigenvalue weighted by Gasteiger charge is -2.24. The molecule has 0 heterocycles. The summed E-state index contributed by atoms with van der Waals surface area (Å²) in [7, 11) is -3.91. The second kappa shape index (κ2) is 9.26. The van der Waals surface area contributed by atoms with Gasteiger partial charge in [0, 0.05) is 11.6 Å². The Morgan fingerprint density at radius 1 is 1.07 bits per heavy atom. The third-order valence-corrected chi connectivity index (χ3v) is 6.64. The number of benzene rings is 2. The Morgan fingerprint density at radius 2 is 1.86 bits per heavy atom.